The summed E-state index contributed by atoms with van der Waals surface area (Å²) in [6.45, 7) is 10.4. The van der Waals surface area contributed by atoms with E-state index in [0.29, 0.717) is 31.1 Å². The van der Waals surface area contributed by atoms with Crippen molar-refractivity contribution in [3.05, 3.63) is 11.5 Å². The number of nitrogens with two attached hydrogens (primary N) is 1. The molecule has 0 bridgehead atoms. The van der Waals surface area contributed by atoms with Crippen LogP contribution in [0.25, 0.3) is 0 Å². The molecule has 0 aliphatic heterocycles. The summed E-state index contributed by atoms with van der Waals surface area (Å²) < 4.78 is 32.1. The van der Waals surface area contributed by atoms with E-state index in [1.165, 1.54) is 4.31 Å². The molecule has 0 amide bonds. The van der Waals surface area contributed by atoms with Crippen LogP contribution in [-0.4, -0.2) is 37.5 Å². The molecule has 20 heavy (non-hydrogen) atoms. The highest BCUT2D eigenvalue weighted by atomic mass is 32.2. The van der Waals surface area contributed by atoms with Gasteiger partial charge in [-0.1, -0.05) is 25.9 Å². The molecule has 0 aliphatic rings. The van der Waals surface area contributed by atoms with Crippen molar-refractivity contribution < 1.29 is 12.9 Å². The van der Waals surface area contributed by atoms with Gasteiger partial charge in [0, 0.05) is 13.1 Å². The van der Waals surface area contributed by atoms with Gasteiger partial charge in [0.25, 0.3) is 0 Å². The number of nitrogens with zero attached hydrogens (tertiary/aromatic N) is 2. The summed E-state index contributed by atoms with van der Waals surface area (Å²) in [6, 6.07) is 0. The number of rotatable bonds is 7. The van der Waals surface area contributed by atoms with Crippen molar-refractivity contribution in [1.29, 1.82) is 0 Å². The average Bonchev–Trinajstić information content (AvgIpc) is 2.68. The highest BCUT2D eigenvalue weighted by Crippen LogP contribution is 2.26. The fraction of sp³-hybridized carbons (Fsp3) is 0.769. The molecule has 7 heteroatoms. The zero-order chi connectivity index (χ0) is 15.6. The standard InChI is InChI=1S/C13H25N3O3S/c1-6-7-16(9-13(4,5)8-14)20(17,18)12-10(2)15-19-11(12)3/h6-9,14H2,1-5H3. The maximum Gasteiger partial charge on any atom is 0.248 e. The van der Waals surface area contributed by atoms with Crippen LogP contribution in [0.4, 0.5) is 0 Å². The minimum absolute atomic E-state index is 0.179. The van der Waals surface area contributed by atoms with E-state index in [1.54, 1.807) is 13.8 Å². The van der Waals surface area contributed by atoms with Gasteiger partial charge in [0.15, 0.2) is 5.76 Å². The van der Waals surface area contributed by atoms with Gasteiger partial charge < -0.3 is 10.3 Å². The number of hydrogen-bond acceptors (Lipinski definition) is 5. The zero-order valence-corrected chi connectivity index (χ0v) is 13.7. The lowest BCUT2D eigenvalue weighted by atomic mass is 9.94. The Morgan fingerprint density at radius 3 is 2.35 bits per heavy atom. The van der Waals surface area contributed by atoms with E-state index in [1.807, 2.05) is 20.8 Å². The van der Waals surface area contributed by atoms with Crippen LogP contribution >= 0.6 is 0 Å². The second-order valence-corrected chi connectivity index (χ2v) is 7.74. The van der Waals surface area contributed by atoms with Gasteiger partial charge >= 0.3 is 0 Å². The van der Waals surface area contributed by atoms with E-state index in [0.717, 1.165) is 6.42 Å². The Bertz CT molecular complexity index is 530. The third-order valence-corrected chi connectivity index (χ3v) is 5.29. The van der Waals surface area contributed by atoms with Gasteiger partial charge in [-0.05, 0) is 32.2 Å². The fourth-order valence-electron chi connectivity index (χ4n) is 2.05. The second-order valence-electron chi connectivity index (χ2n) is 5.86. The van der Waals surface area contributed by atoms with Gasteiger partial charge in [0.2, 0.25) is 10.0 Å². The maximum atomic E-state index is 12.8. The summed E-state index contributed by atoms with van der Waals surface area (Å²) in [4.78, 5) is 0.179. The Hall–Kier alpha value is -0.920. The number of sulfonamides is 1. The van der Waals surface area contributed by atoms with Crippen molar-refractivity contribution in [3.63, 3.8) is 0 Å². The first-order valence-electron chi connectivity index (χ1n) is 6.79. The molecule has 1 heterocycles. The van der Waals surface area contributed by atoms with E-state index >= 15 is 0 Å². The van der Waals surface area contributed by atoms with Crippen LogP contribution < -0.4 is 5.73 Å². The summed E-state index contributed by atoms with van der Waals surface area (Å²) in [5.41, 5.74) is 5.84. The van der Waals surface area contributed by atoms with E-state index in [9.17, 15) is 8.42 Å². The largest absolute Gasteiger partial charge is 0.360 e. The predicted octanol–water partition coefficient (Wildman–Crippen LogP) is 1.68. The molecular weight excluding hydrogens is 278 g/mol. The summed E-state index contributed by atoms with van der Waals surface area (Å²) in [5.74, 6) is 0.328. The quantitative estimate of drug-likeness (QED) is 0.827. The van der Waals surface area contributed by atoms with Crippen LogP contribution in [0.3, 0.4) is 0 Å². The Kier molecular flexibility index (Phi) is 5.34. The summed E-state index contributed by atoms with van der Waals surface area (Å²) in [6.07, 6.45) is 0.739. The first-order chi connectivity index (χ1) is 9.15. The van der Waals surface area contributed by atoms with Gasteiger partial charge in [-0.25, -0.2) is 8.42 Å². The molecular formula is C13H25N3O3S. The van der Waals surface area contributed by atoms with Crippen molar-refractivity contribution in [2.24, 2.45) is 11.1 Å². The first kappa shape index (κ1) is 17.1. The lowest BCUT2D eigenvalue weighted by molar-refractivity contribution is 0.266. The molecule has 0 saturated heterocycles. The number of aryl methyl sites for hydroxylation is 2. The zero-order valence-electron chi connectivity index (χ0n) is 12.9. The van der Waals surface area contributed by atoms with Gasteiger partial charge in [-0.3, -0.25) is 0 Å². The molecule has 0 aromatic carbocycles. The first-order valence-corrected chi connectivity index (χ1v) is 8.23. The molecule has 0 aliphatic carbocycles. The van der Waals surface area contributed by atoms with E-state index < -0.39 is 10.0 Å². The SMILES string of the molecule is CCCN(CC(C)(C)CN)S(=O)(=O)c1c(C)noc1C. The average molecular weight is 303 g/mol. The molecule has 6 nitrogen and oxygen atoms in total. The molecule has 0 atom stereocenters. The maximum absolute atomic E-state index is 12.8. The van der Waals surface area contributed by atoms with Crippen LogP contribution in [-0.2, 0) is 10.0 Å². The molecule has 0 unspecified atom stereocenters. The number of aromatic nitrogens is 1. The third kappa shape index (κ3) is 3.59. The minimum atomic E-state index is -3.60. The normalized spacial score (nSPS) is 13.2. The minimum Gasteiger partial charge on any atom is -0.360 e. The second kappa shape index (κ2) is 6.24. The van der Waals surface area contributed by atoms with Crippen molar-refractivity contribution in [1.82, 2.24) is 9.46 Å². The van der Waals surface area contributed by atoms with Crippen molar-refractivity contribution in [2.45, 2.75) is 45.9 Å². The summed E-state index contributed by atoms with van der Waals surface area (Å²) in [5, 5.41) is 3.74. The Morgan fingerprint density at radius 1 is 1.35 bits per heavy atom. The topological polar surface area (TPSA) is 89.4 Å². The Balaban J connectivity index is 3.20. The molecule has 1 aromatic heterocycles. The van der Waals surface area contributed by atoms with E-state index in [4.69, 9.17) is 10.3 Å². The molecule has 116 valence electrons. The molecule has 1 aromatic rings. The van der Waals surface area contributed by atoms with Crippen molar-refractivity contribution >= 4 is 10.0 Å². The highest BCUT2D eigenvalue weighted by Gasteiger charge is 2.33. The smallest absolute Gasteiger partial charge is 0.248 e. The van der Waals surface area contributed by atoms with E-state index in [2.05, 4.69) is 5.16 Å². The third-order valence-electron chi connectivity index (χ3n) is 3.20. The lowest BCUT2D eigenvalue weighted by Crippen LogP contribution is -2.42. The van der Waals surface area contributed by atoms with Crippen molar-refractivity contribution in [3.8, 4) is 0 Å². The summed E-state index contributed by atoms with van der Waals surface area (Å²) >= 11 is 0. The highest BCUT2D eigenvalue weighted by molar-refractivity contribution is 7.89. The Labute approximate surface area is 121 Å². The summed E-state index contributed by atoms with van der Waals surface area (Å²) in [7, 11) is -3.60. The molecule has 2 N–H and O–H groups in total. The van der Waals surface area contributed by atoms with Gasteiger partial charge in [0.05, 0.1) is 0 Å². The number of hydrogen-bond donors (Lipinski definition) is 1. The van der Waals surface area contributed by atoms with Gasteiger partial charge in [-0.15, -0.1) is 0 Å². The molecule has 0 radical (unpaired) electrons. The molecule has 0 fully saturated rings. The molecule has 1 rings (SSSR count). The fourth-order valence-corrected chi connectivity index (χ4v) is 4.06. The lowest BCUT2D eigenvalue weighted by Gasteiger charge is -2.30. The van der Waals surface area contributed by atoms with Gasteiger partial charge in [-0.2, -0.15) is 4.31 Å². The molecule has 0 spiro atoms. The van der Waals surface area contributed by atoms with Crippen molar-refractivity contribution in [2.75, 3.05) is 19.6 Å². The predicted molar refractivity (Wildman–Crippen MR) is 77.9 cm³/mol. The van der Waals surface area contributed by atoms with Crippen LogP contribution in [0.2, 0.25) is 0 Å². The van der Waals surface area contributed by atoms with E-state index in [-0.39, 0.29) is 10.3 Å². The van der Waals surface area contributed by atoms with Crippen LogP contribution in [0.1, 0.15) is 38.6 Å². The van der Waals surface area contributed by atoms with Gasteiger partial charge in [0.1, 0.15) is 10.6 Å². The van der Waals surface area contributed by atoms with Crippen LogP contribution in [0.15, 0.2) is 9.42 Å². The Morgan fingerprint density at radius 2 is 1.95 bits per heavy atom. The van der Waals surface area contributed by atoms with Crippen LogP contribution in [0.5, 0.6) is 0 Å². The monoisotopic (exact) mass is 303 g/mol. The molecule has 0 saturated carbocycles. The van der Waals surface area contributed by atoms with Crippen LogP contribution in [0, 0.1) is 19.3 Å².